The van der Waals surface area contributed by atoms with Crippen LogP contribution in [0.2, 0.25) is 0 Å². The number of carbonyl (C=O) groups is 2. The number of benzene rings is 2. The highest BCUT2D eigenvalue weighted by atomic mass is 16.4. The molecule has 5 aromatic rings. The van der Waals surface area contributed by atoms with E-state index in [0.29, 0.717) is 23.3 Å². The lowest BCUT2D eigenvalue weighted by Crippen LogP contribution is -2.28. The summed E-state index contributed by atoms with van der Waals surface area (Å²) < 4.78 is 6.39. The summed E-state index contributed by atoms with van der Waals surface area (Å²) in [5.41, 5.74) is 5.72. The molecule has 3 heterocycles. The van der Waals surface area contributed by atoms with Gasteiger partial charge in [-0.2, -0.15) is 5.10 Å². The van der Waals surface area contributed by atoms with E-state index in [-0.39, 0.29) is 23.8 Å². The van der Waals surface area contributed by atoms with Gasteiger partial charge in [-0.05, 0) is 48.2 Å². The maximum atomic E-state index is 13.0. The third-order valence-electron chi connectivity index (χ3n) is 5.79. The number of aryl methyl sites for hydroxylation is 2. The van der Waals surface area contributed by atoms with Crippen molar-refractivity contribution in [2.75, 3.05) is 0 Å². The van der Waals surface area contributed by atoms with Crippen molar-refractivity contribution < 1.29 is 14.0 Å². The fourth-order valence-corrected chi connectivity index (χ4v) is 3.76. The molecule has 0 saturated heterocycles. The fraction of sp³-hybridized carbons (Fsp3) is 0.160. The average molecular weight is 470 g/mol. The first kappa shape index (κ1) is 22.1. The molecule has 10 nitrogen and oxygen atoms in total. The van der Waals surface area contributed by atoms with Gasteiger partial charge in [-0.25, -0.2) is 14.3 Å². The standard InChI is InChI=1S/C25H22N6O4/c1-14-3-4-16(9-15(14)2)12-27-24(33)20-11-19(29-22-7-8-28-31(20)22)23(32)26-13-17-5-6-21-18(10-17)30-25(34)35-21/h3-11H,12-13H2,1-2H3,(H,26,32)(H,27,33)(H,30,34). The maximum absolute atomic E-state index is 13.0. The van der Waals surface area contributed by atoms with Gasteiger partial charge in [-0.15, -0.1) is 0 Å². The molecule has 0 aliphatic carbocycles. The molecular formula is C25H22N6O4. The zero-order valence-corrected chi connectivity index (χ0v) is 19.1. The van der Waals surface area contributed by atoms with E-state index in [9.17, 15) is 14.4 Å². The summed E-state index contributed by atoms with van der Waals surface area (Å²) in [5.74, 6) is -1.36. The van der Waals surface area contributed by atoms with E-state index >= 15 is 0 Å². The summed E-state index contributed by atoms with van der Waals surface area (Å²) in [5, 5.41) is 9.85. The first-order valence-corrected chi connectivity index (χ1v) is 11.0. The molecule has 176 valence electrons. The number of H-pyrrole nitrogens is 1. The minimum Gasteiger partial charge on any atom is -0.408 e. The summed E-state index contributed by atoms with van der Waals surface area (Å²) >= 11 is 0. The van der Waals surface area contributed by atoms with Crippen molar-refractivity contribution in [1.82, 2.24) is 30.2 Å². The first-order chi connectivity index (χ1) is 16.9. The van der Waals surface area contributed by atoms with Crippen LogP contribution in [0.3, 0.4) is 0 Å². The van der Waals surface area contributed by atoms with Crippen molar-refractivity contribution in [3.8, 4) is 0 Å². The van der Waals surface area contributed by atoms with E-state index in [1.165, 1.54) is 22.3 Å². The number of aromatic nitrogens is 4. The molecule has 3 aromatic heterocycles. The smallest absolute Gasteiger partial charge is 0.408 e. The molecule has 0 radical (unpaired) electrons. The van der Waals surface area contributed by atoms with Gasteiger partial charge in [0.2, 0.25) is 0 Å². The Bertz CT molecular complexity index is 1650. The van der Waals surface area contributed by atoms with Crippen LogP contribution in [0.5, 0.6) is 0 Å². The molecular weight excluding hydrogens is 448 g/mol. The topological polar surface area (TPSA) is 134 Å². The summed E-state index contributed by atoms with van der Waals surface area (Å²) in [7, 11) is 0. The Balaban J connectivity index is 1.33. The van der Waals surface area contributed by atoms with Gasteiger partial charge in [0, 0.05) is 25.2 Å². The van der Waals surface area contributed by atoms with E-state index in [1.807, 2.05) is 32.0 Å². The quantitative estimate of drug-likeness (QED) is 0.349. The molecule has 0 saturated carbocycles. The van der Waals surface area contributed by atoms with Crippen molar-refractivity contribution in [3.63, 3.8) is 0 Å². The number of rotatable bonds is 6. The highest BCUT2D eigenvalue weighted by Crippen LogP contribution is 2.14. The van der Waals surface area contributed by atoms with E-state index in [0.717, 1.165) is 16.7 Å². The lowest BCUT2D eigenvalue weighted by molar-refractivity contribution is 0.0942. The average Bonchev–Trinajstić information content (AvgIpc) is 3.47. The van der Waals surface area contributed by atoms with Gasteiger partial charge in [0.15, 0.2) is 11.2 Å². The number of nitrogens with one attached hydrogen (secondary N) is 3. The van der Waals surface area contributed by atoms with Gasteiger partial charge >= 0.3 is 5.76 Å². The van der Waals surface area contributed by atoms with E-state index < -0.39 is 11.7 Å². The molecule has 0 spiro atoms. The molecule has 0 unspecified atom stereocenters. The number of aromatic amines is 1. The van der Waals surface area contributed by atoms with Gasteiger partial charge in [0.05, 0.1) is 11.7 Å². The number of nitrogens with zero attached hydrogens (tertiary/aromatic N) is 3. The van der Waals surface area contributed by atoms with Crippen LogP contribution in [-0.4, -0.2) is 31.4 Å². The highest BCUT2D eigenvalue weighted by molar-refractivity contribution is 5.98. The largest absolute Gasteiger partial charge is 0.417 e. The molecule has 2 amide bonds. The monoisotopic (exact) mass is 470 g/mol. The number of hydrogen-bond acceptors (Lipinski definition) is 6. The second-order valence-electron chi connectivity index (χ2n) is 8.26. The van der Waals surface area contributed by atoms with Crippen LogP contribution in [0.4, 0.5) is 0 Å². The summed E-state index contributed by atoms with van der Waals surface area (Å²) in [6, 6.07) is 14.2. The van der Waals surface area contributed by atoms with E-state index in [2.05, 4.69) is 25.7 Å². The van der Waals surface area contributed by atoms with E-state index in [4.69, 9.17) is 4.42 Å². The summed E-state index contributed by atoms with van der Waals surface area (Å²) in [6.07, 6.45) is 1.52. The first-order valence-electron chi connectivity index (χ1n) is 11.0. The summed E-state index contributed by atoms with van der Waals surface area (Å²) in [6.45, 7) is 4.59. The number of carbonyl (C=O) groups excluding carboxylic acids is 2. The van der Waals surface area contributed by atoms with E-state index in [1.54, 1.807) is 24.3 Å². The highest BCUT2D eigenvalue weighted by Gasteiger charge is 2.18. The maximum Gasteiger partial charge on any atom is 0.417 e. The Morgan fingerprint density at radius 3 is 2.49 bits per heavy atom. The van der Waals surface area contributed by atoms with Crippen molar-refractivity contribution >= 4 is 28.6 Å². The van der Waals surface area contributed by atoms with Crippen molar-refractivity contribution in [2.24, 2.45) is 0 Å². The van der Waals surface area contributed by atoms with Crippen molar-refractivity contribution in [1.29, 1.82) is 0 Å². The van der Waals surface area contributed by atoms with Gasteiger partial charge in [-0.3, -0.25) is 14.6 Å². The minimum atomic E-state index is -0.539. The third-order valence-corrected chi connectivity index (χ3v) is 5.79. The molecule has 35 heavy (non-hydrogen) atoms. The molecule has 0 bridgehead atoms. The Hall–Kier alpha value is -4.73. The van der Waals surface area contributed by atoms with Crippen LogP contribution >= 0.6 is 0 Å². The fourth-order valence-electron chi connectivity index (χ4n) is 3.76. The number of amides is 2. The normalized spacial score (nSPS) is 11.1. The summed E-state index contributed by atoms with van der Waals surface area (Å²) in [4.78, 5) is 44.1. The van der Waals surface area contributed by atoms with Gasteiger partial charge in [-0.1, -0.05) is 24.3 Å². The van der Waals surface area contributed by atoms with Crippen LogP contribution in [-0.2, 0) is 13.1 Å². The molecule has 0 aliphatic rings. The predicted octanol–water partition coefficient (Wildman–Crippen LogP) is 2.64. The van der Waals surface area contributed by atoms with Crippen LogP contribution in [0.1, 0.15) is 43.2 Å². The lowest BCUT2D eigenvalue weighted by atomic mass is 10.1. The number of hydrogen-bond donors (Lipinski definition) is 3. The second kappa shape index (κ2) is 8.90. The van der Waals surface area contributed by atoms with Crippen molar-refractivity contribution in [3.05, 3.63) is 98.9 Å². The SMILES string of the molecule is Cc1ccc(CNC(=O)c2cc(C(=O)NCc3ccc4oc(=O)[nH]c4c3)nc3ccnn23)cc1C. The molecule has 0 aliphatic heterocycles. The molecule has 2 aromatic carbocycles. The Kier molecular flexibility index (Phi) is 5.61. The van der Waals surface area contributed by atoms with Crippen LogP contribution in [0, 0.1) is 13.8 Å². The molecule has 0 fully saturated rings. The molecule has 5 rings (SSSR count). The van der Waals surface area contributed by atoms with Crippen molar-refractivity contribution in [2.45, 2.75) is 26.9 Å². The number of fused-ring (bicyclic) bond motifs is 2. The Morgan fingerprint density at radius 1 is 0.943 bits per heavy atom. The molecule has 10 heteroatoms. The third kappa shape index (κ3) is 4.54. The minimum absolute atomic E-state index is 0.0899. The van der Waals surface area contributed by atoms with Gasteiger partial charge in [0.25, 0.3) is 11.8 Å². The zero-order valence-electron chi connectivity index (χ0n) is 19.1. The Morgan fingerprint density at radius 2 is 1.69 bits per heavy atom. The molecule has 0 atom stereocenters. The van der Waals surface area contributed by atoms with Crippen LogP contribution < -0.4 is 16.4 Å². The van der Waals surface area contributed by atoms with Gasteiger partial charge < -0.3 is 15.1 Å². The van der Waals surface area contributed by atoms with Crippen LogP contribution in [0.25, 0.3) is 16.7 Å². The predicted molar refractivity (Wildman–Crippen MR) is 128 cm³/mol. The Labute approximate surface area is 199 Å². The molecule has 3 N–H and O–H groups in total. The van der Waals surface area contributed by atoms with Crippen LogP contribution in [0.15, 0.2) is 63.9 Å². The second-order valence-corrected chi connectivity index (χ2v) is 8.26. The lowest BCUT2D eigenvalue weighted by Gasteiger charge is -2.10. The van der Waals surface area contributed by atoms with Gasteiger partial charge in [0.1, 0.15) is 11.4 Å². The zero-order chi connectivity index (χ0) is 24.5. The number of oxazole rings is 1.